The number of carbonyl (C=O) groups excluding carboxylic acids is 1. The summed E-state index contributed by atoms with van der Waals surface area (Å²) in [5, 5.41) is 3.95. The Balaban J connectivity index is 0.000000791. The topological polar surface area (TPSA) is 44.1 Å². The van der Waals surface area contributed by atoms with Gasteiger partial charge in [-0.05, 0) is 19.4 Å². The maximum absolute atomic E-state index is 10.9. The highest BCUT2D eigenvalue weighted by Gasteiger charge is 2.02. The van der Waals surface area contributed by atoms with E-state index in [2.05, 4.69) is 5.10 Å². The van der Waals surface area contributed by atoms with Crippen LogP contribution in [0.4, 0.5) is 0 Å². The van der Waals surface area contributed by atoms with Crippen molar-refractivity contribution >= 4 is 5.97 Å². The summed E-state index contributed by atoms with van der Waals surface area (Å²) in [4.78, 5) is 10.9. The Morgan fingerprint density at radius 2 is 2.21 bits per heavy atom. The molecule has 0 spiro atoms. The summed E-state index contributed by atoms with van der Waals surface area (Å²) in [5.41, 5.74) is 1.04. The first-order valence-corrected chi connectivity index (χ1v) is 4.87. The van der Waals surface area contributed by atoms with E-state index in [4.69, 9.17) is 4.74 Å². The van der Waals surface area contributed by atoms with E-state index in [-0.39, 0.29) is 12.5 Å². The Bertz CT molecular complexity index is 269. The molecule has 1 aromatic heterocycles. The summed E-state index contributed by atoms with van der Waals surface area (Å²) >= 11 is 0. The molecule has 0 fully saturated rings. The van der Waals surface area contributed by atoms with Gasteiger partial charge in [-0.15, -0.1) is 0 Å². The van der Waals surface area contributed by atoms with Gasteiger partial charge in [0, 0.05) is 6.20 Å². The van der Waals surface area contributed by atoms with Crippen LogP contribution in [0.2, 0.25) is 0 Å². The van der Waals surface area contributed by atoms with Gasteiger partial charge in [0.2, 0.25) is 0 Å². The minimum absolute atomic E-state index is 0.196. The SMILES string of the molecule is CC.CCOC(=O)Cn1cc(C)cn1. The number of rotatable bonds is 3. The molecule has 1 rings (SSSR count). The second-order valence-electron chi connectivity index (χ2n) is 2.52. The lowest BCUT2D eigenvalue weighted by Gasteiger charge is -2.00. The minimum Gasteiger partial charge on any atom is -0.465 e. The third-order valence-corrected chi connectivity index (χ3v) is 1.36. The van der Waals surface area contributed by atoms with Gasteiger partial charge in [0.25, 0.3) is 0 Å². The van der Waals surface area contributed by atoms with Crippen LogP contribution in [0, 0.1) is 6.92 Å². The number of carbonyl (C=O) groups is 1. The molecule has 0 atom stereocenters. The first kappa shape index (κ1) is 12.7. The Morgan fingerprint density at radius 3 is 2.64 bits per heavy atom. The Labute approximate surface area is 84.9 Å². The van der Waals surface area contributed by atoms with Crippen LogP contribution in [-0.2, 0) is 16.1 Å². The van der Waals surface area contributed by atoms with E-state index in [1.807, 2.05) is 20.8 Å². The van der Waals surface area contributed by atoms with Crippen LogP contribution in [0.25, 0.3) is 0 Å². The third-order valence-electron chi connectivity index (χ3n) is 1.36. The highest BCUT2D eigenvalue weighted by Crippen LogP contribution is 1.94. The molecule has 0 amide bonds. The van der Waals surface area contributed by atoms with Crippen molar-refractivity contribution in [2.75, 3.05) is 6.61 Å². The molecule has 0 saturated carbocycles. The fraction of sp³-hybridized carbons (Fsp3) is 0.600. The van der Waals surface area contributed by atoms with E-state index in [9.17, 15) is 4.79 Å². The van der Waals surface area contributed by atoms with Crippen molar-refractivity contribution < 1.29 is 9.53 Å². The molecule has 0 bridgehead atoms. The van der Waals surface area contributed by atoms with Crippen LogP contribution in [0.1, 0.15) is 26.3 Å². The van der Waals surface area contributed by atoms with Crippen molar-refractivity contribution in [3.05, 3.63) is 18.0 Å². The van der Waals surface area contributed by atoms with Gasteiger partial charge in [0.1, 0.15) is 6.54 Å². The van der Waals surface area contributed by atoms with Crippen LogP contribution < -0.4 is 0 Å². The molecule has 0 aliphatic rings. The molecule has 0 saturated heterocycles. The summed E-state index contributed by atoms with van der Waals surface area (Å²) in [7, 11) is 0. The molecule has 0 unspecified atom stereocenters. The van der Waals surface area contributed by atoms with Gasteiger partial charge in [-0.2, -0.15) is 5.10 Å². The van der Waals surface area contributed by atoms with Crippen molar-refractivity contribution in [3.8, 4) is 0 Å². The van der Waals surface area contributed by atoms with Gasteiger partial charge in [-0.3, -0.25) is 9.48 Å². The molecular weight excluding hydrogens is 180 g/mol. The normalized spacial score (nSPS) is 8.86. The lowest BCUT2D eigenvalue weighted by atomic mass is 10.4. The number of hydrogen-bond donors (Lipinski definition) is 0. The average Bonchev–Trinajstić information content (AvgIpc) is 2.55. The first-order valence-electron chi connectivity index (χ1n) is 4.87. The number of nitrogens with zero attached hydrogens (tertiary/aromatic N) is 2. The van der Waals surface area contributed by atoms with Crippen LogP contribution >= 0.6 is 0 Å². The van der Waals surface area contributed by atoms with E-state index < -0.39 is 0 Å². The number of esters is 1. The molecular formula is C10H18N2O2. The van der Waals surface area contributed by atoms with Gasteiger partial charge in [-0.25, -0.2) is 0 Å². The highest BCUT2D eigenvalue weighted by molar-refractivity contribution is 5.68. The molecule has 0 aliphatic carbocycles. The lowest BCUT2D eigenvalue weighted by Crippen LogP contribution is -2.13. The number of aryl methyl sites for hydroxylation is 1. The average molecular weight is 198 g/mol. The van der Waals surface area contributed by atoms with E-state index in [1.54, 1.807) is 24.0 Å². The Morgan fingerprint density at radius 1 is 1.57 bits per heavy atom. The third kappa shape index (κ3) is 4.64. The van der Waals surface area contributed by atoms with Crippen LogP contribution in [-0.4, -0.2) is 22.4 Å². The van der Waals surface area contributed by atoms with Crippen molar-refractivity contribution in [1.29, 1.82) is 0 Å². The van der Waals surface area contributed by atoms with Gasteiger partial charge in [0.05, 0.1) is 12.8 Å². The minimum atomic E-state index is -0.249. The van der Waals surface area contributed by atoms with Gasteiger partial charge in [-0.1, -0.05) is 13.8 Å². The molecule has 80 valence electrons. The Kier molecular flexibility index (Phi) is 6.45. The maximum atomic E-state index is 10.9. The van der Waals surface area contributed by atoms with Crippen molar-refractivity contribution in [2.24, 2.45) is 0 Å². The maximum Gasteiger partial charge on any atom is 0.327 e. The number of ether oxygens (including phenoxy) is 1. The summed E-state index contributed by atoms with van der Waals surface area (Å²) < 4.78 is 6.32. The molecule has 0 aromatic carbocycles. The second kappa shape index (κ2) is 7.12. The fourth-order valence-electron chi connectivity index (χ4n) is 0.892. The second-order valence-corrected chi connectivity index (χ2v) is 2.52. The van der Waals surface area contributed by atoms with E-state index in [0.29, 0.717) is 6.61 Å². The highest BCUT2D eigenvalue weighted by atomic mass is 16.5. The van der Waals surface area contributed by atoms with Crippen molar-refractivity contribution in [2.45, 2.75) is 34.2 Å². The molecule has 0 radical (unpaired) electrons. The van der Waals surface area contributed by atoms with E-state index in [1.165, 1.54) is 0 Å². The summed E-state index contributed by atoms with van der Waals surface area (Å²) in [6, 6.07) is 0. The van der Waals surface area contributed by atoms with Crippen LogP contribution in [0.15, 0.2) is 12.4 Å². The van der Waals surface area contributed by atoms with E-state index in [0.717, 1.165) is 5.56 Å². The predicted octanol–water partition coefficient (Wildman–Crippen LogP) is 1.78. The lowest BCUT2D eigenvalue weighted by molar-refractivity contribution is -0.144. The number of aromatic nitrogens is 2. The summed E-state index contributed by atoms with van der Waals surface area (Å²) in [5.74, 6) is -0.249. The van der Waals surface area contributed by atoms with Crippen molar-refractivity contribution in [1.82, 2.24) is 9.78 Å². The quantitative estimate of drug-likeness (QED) is 0.695. The smallest absolute Gasteiger partial charge is 0.327 e. The van der Waals surface area contributed by atoms with Crippen molar-refractivity contribution in [3.63, 3.8) is 0 Å². The zero-order chi connectivity index (χ0) is 11.0. The first-order chi connectivity index (χ1) is 6.72. The Hall–Kier alpha value is -1.32. The summed E-state index contributed by atoms with van der Waals surface area (Å²) in [6.45, 7) is 8.32. The fourth-order valence-corrected chi connectivity index (χ4v) is 0.892. The monoisotopic (exact) mass is 198 g/mol. The zero-order valence-corrected chi connectivity index (χ0v) is 9.28. The number of hydrogen-bond acceptors (Lipinski definition) is 3. The molecule has 0 aliphatic heterocycles. The molecule has 14 heavy (non-hydrogen) atoms. The summed E-state index contributed by atoms with van der Waals surface area (Å²) in [6.07, 6.45) is 3.51. The van der Waals surface area contributed by atoms with Gasteiger partial charge < -0.3 is 4.74 Å². The molecule has 1 aromatic rings. The molecule has 4 nitrogen and oxygen atoms in total. The standard InChI is InChI=1S/C8H12N2O2.C2H6/c1-3-12-8(11)6-10-5-7(2)4-9-10;1-2/h4-5H,3,6H2,1-2H3;1-2H3. The molecule has 4 heteroatoms. The molecule has 1 heterocycles. The largest absolute Gasteiger partial charge is 0.465 e. The van der Waals surface area contributed by atoms with Gasteiger partial charge >= 0.3 is 5.97 Å². The molecule has 0 N–H and O–H groups in total. The van der Waals surface area contributed by atoms with Crippen LogP contribution in [0.3, 0.4) is 0 Å². The zero-order valence-electron chi connectivity index (χ0n) is 9.28. The predicted molar refractivity (Wildman–Crippen MR) is 54.9 cm³/mol. The van der Waals surface area contributed by atoms with Gasteiger partial charge in [0.15, 0.2) is 0 Å². The van der Waals surface area contributed by atoms with E-state index >= 15 is 0 Å². The van der Waals surface area contributed by atoms with Crippen LogP contribution in [0.5, 0.6) is 0 Å².